The van der Waals surface area contributed by atoms with Crippen LogP contribution in [0.4, 0.5) is 4.39 Å². The van der Waals surface area contributed by atoms with E-state index in [1.54, 1.807) is 6.07 Å². The third-order valence-electron chi connectivity index (χ3n) is 9.10. The van der Waals surface area contributed by atoms with Crippen molar-refractivity contribution in [1.82, 2.24) is 4.98 Å². The van der Waals surface area contributed by atoms with E-state index in [9.17, 15) is 14.3 Å². The number of aryl methyl sites for hydroxylation is 1. The summed E-state index contributed by atoms with van der Waals surface area (Å²) in [5.41, 5.74) is 5.66. The molecule has 2 aromatic rings. The molecule has 1 heterocycles. The van der Waals surface area contributed by atoms with Crippen molar-refractivity contribution in [2.45, 2.75) is 71.6 Å². The van der Waals surface area contributed by atoms with Crippen molar-refractivity contribution in [3.05, 3.63) is 70.8 Å². The molecule has 4 atom stereocenters. The quantitative estimate of drug-likeness (QED) is 0.484. The minimum Gasteiger partial charge on any atom is -0.396 e. The van der Waals surface area contributed by atoms with Gasteiger partial charge in [0.05, 0.1) is 6.20 Å². The third-order valence-corrected chi connectivity index (χ3v) is 9.10. The Bertz CT molecular complexity index is 1140. The molecule has 5 rings (SSSR count). The van der Waals surface area contributed by atoms with Crippen LogP contribution in [0.2, 0.25) is 0 Å². The van der Waals surface area contributed by atoms with E-state index in [0.717, 1.165) is 43.2 Å². The smallest absolute Gasteiger partial charge is 0.162 e. The molecule has 3 nitrogen and oxygen atoms in total. The second-order valence-corrected chi connectivity index (χ2v) is 11.8. The topological polar surface area (TPSA) is 50.2 Å². The fraction of sp³-hybridized carbons (Fsp3) is 0.533. The number of carbonyl (C=O) groups excluding carboxylic acids is 1. The number of rotatable bonds is 6. The molecule has 0 unspecified atom stereocenters. The van der Waals surface area contributed by atoms with Gasteiger partial charge in [0, 0.05) is 24.8 Å². The zero-order valence-electron chi connectivity index (χ0n) is 20.6. The van der Waals surface area contributed by atoms with Crippen LogP contribution >= 0.6 is 0 Å². The summed E-state index contributed by atoms with van der Waals surface area (Å²) < 4.78 is 13.9. The van der Waals surface area contributed by atoms with Crippen LogP contribution in [0.3, 0.4) is 0 Å². The molecule has 4 heteroatoms. The van der Waals surface area contributed by atoms with Gasteiger partial charge in [0.25, 0.3) is 0 Å². The Hall–Kier alpha value is -2.33. The number of aliphatic hydroxyl groups is 1. The first-order chi connectivity index (χ1) is 16.2. The summed E-state index contributed by atoms with van der Waals surface area (Å²) in [6.07, 6.45) is 12.0. The standard InChI is InChI=1S/C30H36FNO2/c1-29(2,18-33)12-11-28(34)20-5-6-23-19(14-20)4-7-25-24(23)10-13-30(3)26(8-9-27(25)30)21-15-22(31)17-32-16-21/h5-6,8,14-17,24-25,27,33H,4,7,9-13,18H2,1-3H3/t24-,25-,27+,30-/m1/s1. The summed E-state index contributed by atoms with van der Waals surface area (Å²) in [5, 5.41) is 9.49. The van der Waals surface area contributed by atoms with Crippen LogP contribution in [0.1, 0.15) is 92.3 Å². The molecular formula is C30H36FNO2. The first-order valence-corrected chi connectivity index (χ1v) is 12.8. The maximum Gasteiger partial charge on any atom is 0.162 e. The number of Topliss-reactive ketones (excluding diaryl/α,β-unsaturated/α-hetero) is 1. The Balaban J connectivity index is 1.34. The minimum absolute atomic E-state index is 0.0730. The van der Waals surface area contributed by atoms with E-state index in [1.165, 1.54) is 22.9 Å². The van der Waals surface area contributed by atoms with Crippen LogP contribution in [0, 0.1) is 28.5 Å². The van der Waals surface area contributed by atoms with Crippen molar-refractivity contribution in [3.8, 4) is 0 Å². The van der Waals surface area contributed by atoms with Crippen molar-refractivity contribution >= 4 is 11.4 Å². The van der Waals surface area contributed by atoms with Gasteiger partial charge in [-0.2, -0.15) is 0 Å². The summed E-state index contributed by atoms with van der Waals surface area (Å²) in [6.45, 7) is 6.47. The molecule has 3 aliphatic carbocycles. The van der Waals surface area contributed by atoms with Gasteiger partial charge < -0.3 is 5.11 Å². The number of nitrogens with zero attached hydrogens (tertiary/aromatic N) is 1. The van der Waals surface area contributed by atoms with Gasteiger partial charge in [-0.15, -0.1) is 0 Å². The number of fused-ring (bicyclic) bond motifs is 5. The largest absolute Gasteiger partial charge is 0.396 e. The molecule has 3 aliphatic rings. The second kappa shape index (κ2) is 8.71. The average Bonchev–Trinajstić information content (AvgIpc) is 3.19. The number of ketones is 1. The lowest BCUT2D eigenvalue weighted by Gasteiger charge is -2.50. The monoisotopic (exact) mass is 461 g/mol. The molecular weight excluding hydrogens is 425 g/mol. The highest BCUT2D eigenvalue weighted by molar-refractivity contribution is 5.96. The van der Waals surface area contributed by atoms with E-state index in [-0.39, 0.29) is 29.0 Å². The Labute approximate surface area is 202 Å². The summed E-state index contributed by atoms with van der Waals surface area (Å²) in [6, 6.07) is 8.03. The van der Waals surface area contributed by atoms with E-state index in [2.05, 4.69) is 30.1 Å². The lowest BCUT2D eigenvalue weighted by atomic mass is 9.54. The number of halogens is 1. The molecule has 0 amide bonds. The van der Waals surface area contributed by atoms with Crippen LogP contribution in [0.15, 0.2) is 42.7 Å². The average molecular weight is 462 g/mol. The molecule has 1 fully saturated rings. The number of benzene rings is 1. The lowest BCUT2D eigenvalue weighted by molar-refractivity contribution is 0.0883. The highest BCUT2D eigenvalue weighted by Gasteiger charge is 2.52. The predicted octanol–water partition coefficient (Wildman–Crippen LogP) is 6.75. The predicted molar refractivity (Wildman–Crippen MR) is 133 cm³/mol. The van der Waals surface area contributed by atoms with E-state index < -0.39 is 0 Å². The first kappa shape index (κ1) is 23.4. The number of hydrogen-bond donors (Lipinski definition) is 1. The van der Waals surface area contributed by atoms with Crippen molar-refractivity contribution in [2.75, 3.05) is 6.61 Å². The van der Waals surface area contributed by atoms with Gasteiger partial charge >= 0.3 is 0 Å². The van der Waals surface area contributed by atoms with Crippen LogP contribution < -0.4 is 0 Å². The second-order valence-electron chi connectivity index (χ2n) is 11.8. The molecule has 1 saturated carbocycles. The Morgan fingerprint density at radius 1 is 1.24 bits per heavy atom. The van der Waals surface area contributed by atoms with Crippen LogP contribution in [-0.2, 0) is 6.42 Å². The van der Waals surface area contributed by atoms with Crippen molar-refractivity contribution < 1.29 is 14.3 Å². The molecule has 34 heavy (non-hydrogen) atoms. The van der Waals surface area contributed by atoms with Crippen molar-refractivity contribution in [3.63, 3.8) is 0 Å². The van der Waals surface area contributed by atoms with E-state index >= 15 is 0 Å². The molecule has 1 N–H and O–H groups in total. The summed E-state index contributed by atoms with van der Waals surface area (Å²) in [4.78, 5) is 16.9. The highest BCUT2D eigenvalue weighted by Crippen LogP contribution is 2.63. The highest BCUT2D eigenvalue weighted by atomic mass is 19.1. The molecule has 1 aromatic carbocycles. The molecule has 0 spiro atoms. The third kappa shape index (κ3) is 4.04. The fourth-order valence-corrected chi connectivity index (χ4v) is 7.01. The molecule has 0 radical (unpaired) electrons. The normalized spacial score (nSPS) is 28.0. The van der Waals surface area contributed by atoms with Gasteiger partial charge in [0.15, 0.2) is 5.78 Å². The SMILES string of the molecule is CC(C)(CO)CCC(=O)c1ccc2c(c1)CC[C@@H]1[C@@H]2CC[C@]2(C)C(c3cncc(F)c3)=CC[C@@H]12. The van der Waals surface area contributed by atoms with E-state index in [1.807, 2.05) is 26.1 Å². The number of pyridine rings is 1. The number of aliphatic hydroxyl groups excluding tert-OH is 1. The van der Waals surface area contributed by atoms with Crippen molar-refractivity contribution in [1.29, 1.82) is 0 Å². The number of carbonyl (C=O) groups is 1. The van der Waals surface area contributed by atoms with Gasteiger partial charge in [-0.1, -0.05) is 39.0 Å². The molecule has 1 aromatic heterocycles. The summed E-state index contributed by atoms with van der Waals surface area (Å²) in [5.74, 6) is 1.64. The molecule has 0 bridgehead atoms. The van der Waals surface area contributed by atoms with Crippen LogP contribution in [0.25, 0.3) is 5.57 Å². The Morgan fingerprint density at radius 3 is 2.82 bits per heavy atom. The Morgan fingerprint density at radius 2 is 2.06 bits per heavy atom. The van der Waals surface area contributed by atoms with Crippen LogP contribution in [-0.4, -0.2) is 22.5 Å². The molecule has 180 valence electrons. The summed E-state index contributed by atoms with van der Waals surface area (Å²) >= 11 is 0. The van der Waals surface area contributed by atoms with E-state index in [4.69, 9.17) is 0 Å². The maximum atomic E-state index is 13.9. The van der Waals surface area contributed by atoms with Gasteiger partial charge in [-0.3, -0.25) is 9.78 Å². The van der Waals surface area contributed by atoms with Gasteiger partial charge in [0.2, 0.25) is 0 Å². The fourth-order valence-electron chi connectivity index (χ4n) is 7.01. The lowest BCUT2D eigenvalue weighted by Crippen LogP contribution is -2.41. The number of hydrogen-bond acceptors (Lipinski definition) is 3. The zero-order chi connectivity index (χ0) is 24.1. The number of aromatic nitrogens is 1. The van der Waals surface area contributed by atoms with Gasteiger partial charge in [-0.25, -0.2) is 4.39 Å². The Kier molecular flexibility index (Phi) is 6.00. The molecule has 0 saturated heterocycles. The first-order valence-electron chi connectivity index (χ1n) is 12.8. The number of allylic oxidation sites excluding steroid dienone is 2. The minimum atomic E-state index is -0.268. The van der Waals surface area contributed by atoms with Crippen LogP contribution in [0.5, 0.6) is 0 Å². The molecule has 0 aliphatic heterocycles. The zero-order valence-corrected chi connectivity index (χ0v) is 20.6. The van der Waals surface area contributed by atoms with Crippen molar-refractivity contribution in [2.24, 2.45) is 22.7 Å². The maximum absolute atomic E-state index is 13.9. The van der Waals surface area contributed by atoms with Gasteiger partial charge in [-0.05, 0) is 102 Å². The van der Waals surface area contributed by atoms with Gasteiger partial charge in [0.1, 0.15) is 5.82 Å². The van der Waals surface area contributed by atoms with E-state index in [0.29, 0.717) is 30.6 Å². The summed E-state index contributed by atoms with van der Waals surface area (Å²) in [7, 11) is 0.